The molecule has 1 aliphatic heterocycles. The van der Waals surface area contributed by atoms with Gasteiger partial charge in [0.05, 0.1) is 18.6 Å². The highest BCUT2D eigenvalue weighted by atomic mass is 32.2. The maximum absolute atomic E-state index is 13.2. The van der Waals surface area contributed by atoms with Gasteiger partial charge in [-0.2, -0.15) is 4.31 Å². The number of nitro groups is 1. The van der Waals surface area contributed by atoms with Gasteiger partial charge in [-0.25, -0.2) is 8.42 Å². The summed E-state index contributed by atoms with van der Waals surface area (Å²) in [4.78, 5) is 23.4. The second kappa shape index (κ2) is 11.1. The lowest BCUT2D eigenvalue weighted by atomic mass is 10.1. The molecule has 1 amide bonds. The predicted molar refractivity (Wildman–Crippen MR) is 137 cm³/mol. The SMILES string of the molecule is COc1cccc(NC2CCN(S(=O)(=O)c3ccc(CNC(=O)c4cccc([N+](=O)[O-])c4)s3)CC2)c1. The molecule has 1 fully saturated rings. The summed E-state index contributed by atoms with van der Waals surface area (Å²) in [6, 6.07) is 16.5. The summed E-state index contributed by atoms with van der Waals surface area (Å²) in [6.45, 7) is 0.926. The first kappa shape index (κ1) is 25.6. The van der Waals surface area contributed by atoms with Gasteiger partial charge in [0.25, 0.3) is 21.6 Å². The second-order valence-electron chi connectivity index (χ2n) is 8.27. The van der Waals surface area contributed by atoms with Crippen LogP contribution in [-0.2, 0) is 16.6 Å². The molecule has 12 heteroatoms. The maximum atomic E-state index is 13.2. The fourth-order valence-corrected chi connectivity index (χ4v) is 6.86. The molecule has 190 valence electrons. The second-order valence-corrected chi connectivity index (χ2v) is 11.6. The first-order valence-corrected chi connectivity index (χ1v) is 13.5. The molecule has 4 rings (SSSR count). The zero-order valence-electron chi connectivity index (χ0n) is 19.5. The third-order valence-corrected chi connectivity index (χ3v) is 9.32. The van der Waals surface area contributed by atoms with Crippen molar-refractivity contribution in [2.24, 2.45) is 0 Å². The molecule has 0 saturated carbocycles. The number of nitro benzene ring substituents is 1. The first-order chi connectivity index (χ1) is 17.3. The van der Waals surface area contributed by atoms with Gasteiger partial charge in [-0.1, -0.05) is 12.1 Å². The summed E-state index contributed by atoms with van der Waals surface area (Å²) in [6.07, 6.45) is 1.35. The van der Waals surface area contributed by atoms with Crippen LogP contribution in [-0.4, -0.2) is 49.8 Å². The van der Waals surface area contributed by atoms with Crippen LogP contribution in [0.4, 0.5) is 11.4 Å². The lowest BCUT2D eigenvalue weighted by Crippen LogP contribution is -2.42. The van der Waals surface area contributed by atoms with Crippen molar-refractivity contribution in [3.05, 3.63) is 81.2 Å². The van der Waals surface area contributed by atoms with Gasteiger partial charge in [0.15, 0.2) is 0 Å². The molecule has 2 aromatic carbocycles. The number of hydrogen-bond donors (Lipinski definition) is 2. The molecule has 1 saturated heterocycles. The van der Waals surface area contributed by atoms with Gasteiger partial charge in [0, 0.05) is 53.5 Å². The van der Waals surface area contributed by atoms with E-state index in [0.29, 0.717) is 30.8 Å². The summed E-state index contributed by atoms with van der Waals surface area (Å²) < 4.78 is 33.3. The Bertz CT molecular complexity index is 1350. The average molecular weight is 531 g/mol. The number of methoxy groups -OCH3 is 1. The van der Waals surface area contributed by atoms with E-state index in [2.05, 4.69) is 10.6 Å². The zero-order chi connectivity index (χ0) is 25.7. The lowest BCUT2D eigenvalue weighted by Gasteiger charge is -2.31. The van der Waals surface area contributed by atoms with Crippen LogP contribution in [0.1, 0.15) is 28.1 Å². The Morgan fingerprint density at radius 1 is 1.14 bits per heavy atom. The third kappa shape index (κ3) is 6.01. The minimum absolute atomic E-state index is 0.119. The molecule has 0 aliphatic carbocycles. The van der Waals surface area contributed by atoms with Gasteiger partial charge in [0.2, 0.25) is 0 Å². The standard InChI is InChI=1S/C24H26N4O6S2/c1-34-21-7-3-5-19(15-21)26-18-10-12-27(13-11-18)36(32,33)23-9-8-22(35-23)16-25-24(29)17-4-2-6-20(14-17)28(30)31/h2-9,14-15,18,26H,10-13,16H2,1H3,(H,25,29). The molecule has 2 heterocycles. The number of carbonyl (C=O) groups excluding carboxylic acids is 1. The number of piperidine rings is 1. The Hall–Kier alpha value is -3.48. The van der Waals surface area contributed by atoms with E-state index < -0.39 is 20.9 Å². The molecular formula is C24H26N4O6S2. The number of thiophene rings is 1. The summed E-state index contributed by atoms with van der Waals surface area (Å²) in [7, 11) is -2.02. The molecule has 2 N–H and O–H groups in total. The van der Waals surface area contributed by atoms with Crippen LogP contribution in [0, 0.1) is 10.1 Å². The van der Waals surface area contributed by atoms with Gasteiger partial charge in [-0.3, -0.25) is 14.9 Å². The van der Waals surface area contributed by atoms with Crippen molar-refractivity contribution in [3.8, 4) is 5.75 Å². The highest BCUT2D eigenvalue weighted by Crippen LogP contribution is 2.28. The van der Waals surface area contributed by atoms with E-state index in [-0.39, 0.29) is 28.0 Å². The molecule has 3 aromatic rings. The van der Waals surface area contributed by atoms with Crippen molar-refractivity contribution in [1.82, 2.24) is 9.62 Å². The number of amides is 1. The summed E-state index contributed by atoms with van der Waals surface area (Å²) in [5.41, 5.74) is 0.930. The predicted octanol–water partition coefficient (Wildman–Crippen LogP) is 3.86. The fourth-order valence-electron chi connectivity index (χ4n) is 3.94. The highest BCUT2D eigenvalue weighted by Gasteiger charge is 2.30. The number of nitrogens with zero attached hydrogens (tertiary/aromatic N) is 2. The summed E-state index contributed by atoms with van der Waals surface area (Å²) in [5.74, 6) is 0.289. The van der Waals surface area contributed by atoms with Crippen LogP contribution in [0.2, 0.25) is 0 Å². The van der Waals surface area contributed by atoms with Crippen LogP contribution in [0.15, 0.2) is 64.9 Å². The van der Waals surface area contributed by atoms with Crippen molar-refractivity contribution in [1.29, 1.82) is 0 Å². The molecule has 36 heavy (non-hydrogen) atoms. The molecule has 0 bridgehead atoms. The van der Waals surface area contributed by atoms with Crippen molar-refractivity contribution in [2.45, 2.75) is 29.6 Å². The monoisotopic (exact) mass is 530 g/mol. The van der Waals surface area contributed by atoms with Crippen LogP contribution in [0.25, 0.3) is 0 Å². The number of anilines is 1. The van der Waals surface area contributed by atoms with E-state index in [9.17, 15) is 23.3 Å². The Balaban J connectivity index is 1.32. The van der Waals surface area contributed by atoms with Crippen molar-refractivity contribution >= 4 is 38.6 Å². The molecule has 10 nitrogen and oxygen atoms in total. The number of hydrogen-bond acceptors (Lipinski definition) is 8. The van der Waals surface area contributed by atoms with E-state index in [1.165, 1.54) is 28.6 Å². The molecule has 0 spiro atoms. The fraction of sp³-hybridized carbons (Fsp3) is 0.292. The van der Waals surface area contributed by atoms with Crippen LogP contribution in [0.3, 0.4) is 0 Å². The first-order valence-electron chi connectivity index (χ1n) is 11.3. The Kier molecular flexibility index (Phi) is 7.87. The van der Waals surface area contributed by atoms with E-state index >= 15 is 0 Å². The van der Waals surface area contributed by atoms with E-state index in [1.54, 1.807) is 19.2 Å². The highest BCUT2D eigenvalue weighted by molar-refractivity contribution is 7.91. The molecule has 1 aliphatic rings. The number of non-ortho nitro benzene ring substituents is 1. The molecule has 0 unspecified atom stereocenters. The summed E-state index contributed by atoms with van der Waals surface area (Å²) in [5, 5.41) is 17.0. The van der Waals surface area contributed by atoms with Gasteiger partial charge in [0.1, 0.15) is 9.96 Å². The van der Waals surface area contributed by atoms with E-state index in [4.69, 9.17) is 4.74 Å². The van der Waals surface area contributed by atoms with Crippen LogP contribution < -0.4 is 15.4 Å². The lowest BCUT2D eigenvalue weighted by molar-refractivity contribution is -0.384. The quantitative estimate of drug-likeness (QED) is 0.317. The largest absolute Gasteiger partial charge is 0.497 e. The van der Waals surface area contributed by atoms with E-state index in [0.717, 1.165) is 22.8 Å². The number of benzene rings is 2. The van der Waals surface area contributed by atoms with Crippen LogP contribution >= 0.6 is 11.3 Å². The smallest absolute Gasteiger partial charge is 0.270 e. The van der Waals surface area contributed by atoms with Gasteiger partial charge >= 0.3 is 0 Å². The normalized spacial score (nSPS) is 14.8. The van der Waals surface area contributed by atoms with Gasteiger partial charge in [-0.15, -0.1) is 11.3 Å². The molecule has 1 aromatic heterocycles. The third-order valence-electron chi connectivity index (χ3n) is 5.87. The Morgan fingerprint density at radius 2 is 1.89 bits per heavy atom. The van der Waals surface area contributed by atoms with Crippen molar-refractivity contribution in [3.63, 3.8) is 0 Å². The maximum Gasteiger partial charge on any atom is 0.270 e. The Labute approximate surface area is 213 Å². The average Bonchev–Trinajstić information content (AvgIpc) is 3.38. The van der Waals surface area contributed by atoms with Crippen molar-refractivity contribution in [2.75, 3.05) is 25.5 Å². The summed E-state index contributed by atoms with van der Waals surface area (Å²) >= 11 is 1.10. The topological polar surface area (TPSA) is 131 Å². The molecule has 0 atom stereocenters. The minimum Gasteiger partial charge on any atom is -0.497 e. The van der Waals surface area contributed by atoms with Gasteiger partial charge in [-0.05, 0) is 43.2 Å². The number of rotatable bonds is 9. The number of nitrogens with one attached hydrogen (secondary N) is 2. The van der Waals surface area contributed by atoms with Crippen molar-refractivity contribution < 1.29 is 22.9 Å². The minimum atomic E-state index is -3.64. The van der Waals surface area contributed by atoms with Crippen LogP contribution in [0.5, 0.6) is 5.75 Å². The molecular weight excluding hydrogens is 504 g/mol. The Morgan fingerprint density at radius 3 is 2.61 bits per heavy atom. The number of ether oxygens (including phenoxy) is 1. The number of carbonyl (C=O) groups is 1. The molecule has 0 radical (unpaired) electrons. The van der Waals surface area contributed by atoms with Gasteiger partial charge < -0.3 is 15.4 Å². The van der Waals surface area contributed by atoms with E-state index in [1.807, 2.05) is 24.3 Å². The zero-order valence-corrected chi connectivity index (χ0v) is 21.2. The number of sulfonamides is 1.